The smallest absolute Gasteiger partial charge is 0.311 e. The molecule has 0 unspecified atom stereocenters. The van der Waals surface area contributed by atoms with Gasteiger partial charge in [0.25, 0.3) is 0 Å². The Kier molecular flexibility index (Phi) is 8.06. The Morgan fingerprint density at radius 2 is 2.11 bits per heavy atom. The minimum Gasteiger partial charge on any atom is -0.490 e. The molecule has 8 heteroatoms. The third kappa shape index (κ3) is 6.90. The Balaban J connectivity index is 1.98. The van der Waals surface area contributed by atoms with E-state index in [1.165, 1.54) is 11.3 Å². The maximum Gasteiger partial charge on any atom is 0.311 e. The number of nitrogens with zero attached hydrogens (tertiary/aromatic N) is 2. The number of benzene rings is 1. The summed E-state index contributed by atoms with van der Waals surface area (Å²) in [5, 5.41) is 6.61. The van der Waals surface area contributed by atoms with Crippen molar-refractivity contribution in [3.05, 3.63) is 34.8 Å². The number of carbonyl (C=O) groups excluding carboxylic acids is 1. The van der Waals surface area contributed by atoms with E-state index in [2.05, 4.69) is 15.5 Å². The van der Waals surface area contributed by atoms with Gasteiger partial charge in [-0.05, 0) is 51.5 Å². The molecule has 0 atom stereocenters. The first-order chi connectivity index (χ1) is 13.0. The van der Waals surface area contributed by atoms with Crippen LogP contribution in [0.1, 0.15) is 39.0 Å². The van der Waals surface area contributed by atoms with Crippen LogP contribution in [-0.4, -0.2) is 36.5 Å². The summed E-state index contributed by atoms with van der Waals surface area (Å²) >= 11 is 1.38. The lowest BCUT2D eigenvalue weighted by molar-refractivity contribution is -0.142. The molecule has 0 saturated carbocycles. The van der Waals surface area contributed by atoms with E-state index in [1.54, 1.807) is 18.5 Å². The first kappa shape index (κ1) is 20.7. The topological polar surface area (TPSA) is 82.0 Å². The summed E-state index contributed by atoms with van der Waals surface area (Å²) < 4.78 is 16.3. The van der Waals surface area contributed by atoms with Gasteiger partial charge in [0.05, 0.1) is 37.6 Å². The van der Waals surface area contributed by atoms with Gasteiger partial charge in [0.2, 0.25) is 5.13 Å². The van der Waals surface area contributed by atoms with Crippen LogP contribution in [0.4, 0.5) is 5.13 Å². The summed E-state index contributed by atoms with van der Waals surface area (Å²) in [4.78, 5) is 15.8. The van der Waals surface area contributed by atoms with Gasteiger partial charge in [-0.3, -0.25) is 10.2 Å². The van der Waals surface area contributed by atoms with Crippen molar-refractivity contribution in [2.45, 2.75) is 40.2 Å². The molecule has 2 aromatic rings. The van der Waals surface area contributed by atoms with Crippen LogP contribution in [0.3, 0.4) is 0 Å². The molecule has 7 nitrogen and oxygen atoms in total. The van der Waals surface area contributed by atoms with Gasteiger partial charge in [-0.2, -0.15) is 5.10 Å². The summed E-state index contributed by atoms with van der Waals surface area (Å²) in [6, 6.07) is 5.65. The highest BCUT2D eigenvalue weighted by Gasteiger charge is 2.09. The van der Waals surface area contributed by atoms with Crippen molar-refractivity contribution >= 4 is 28.7 Å². The average molecular weight is 391 g/mol. The quantitative estimate of drug-likeness (QED) is 0.376. The van der Waals surface area contributed by atoms with Gasteiger partial charge < -0.3 is 14.2 Å². The number of ether oxygens (including phenoxy) is 3. The second kappa shape index (κ2) is 10.5. The van der Waals surface area contributed by atoms with Crippen LogP contribution in [0, 0.1) is 0 Å². The highest BCUT2D eigenvalue weighted by molar-refractivity contribution is 7.13. The predicted octanol–water partition coefficient (Wildman–Crippen LogP) is 3.88. The maximum absolute atomic E-state index is 11.5. The van der Waals surface area contributed by atoms with Crippen LogP contribution in [-0.2, 0) is 16.0 Å². The van der Waals surface area contributed by atoms with E-state index in [-0.39, 0.29) is 18.5 Å². The Morgan fingerprint density at radius 3 is 2.81 bits per heavy atom. The molecule has 0 spiro atoms. The minimum absolute atomic E-state index is 0.0686. The molecule has 0 amide bonds. The van der Waals surface area contributed by atoms with E-state index in [0.29, 0.717) is 35.5 Å². The van der Waals surface area contributed by atoms with Crippen LogP contribution in [0.25, 0.3) is 0 Å². The monoisotopic (exact) mass is 391 g/mol. The molecular weight excluding hydrogens is 366 g/mol. The number of hydrazone groups is 1. The Morgan fingerprint density at radius 1 is 1.30 bits per heavy atom. The third-order valence-corrected chi connectivity index (χ3v) is 3.98. The molecule has 27 heavy (non-hydrogen) atoms. The molecule has 0 saturated heterocycles. The zero-order chi connectivity index (χ0) is 19.6. The van der Waals surface area contributed by atoms with Crippen LogP contribution in [0.15, 0.2) is 28.7 Å². The molecule has 0 aliphatic heterocycles. The second-order valence-electron chi connectivity index (χ2n) is 5.80. The fourth-order valence-electron chi connectivity index (χ4n) is 2.19. The molecular formula is C19H25N3O4S. The molecule has 2 rings (SSSR count). The molecule has 0 radical (unpaired) electrons. The lowest BCUT2D eigenvalue weighted by Gasteiger charge is -2.14. The number of hydrogen-bond acceptors (Lipinski definition) is 8. The zero-order valence-electron chi connectivity index (χ0n) is 16.0. The van der Waals surface area contributed by atoms with Crippen molar-refractivity contribution in [2.75, 3.05) is 18.6 Å². The zero-order valence-corrected chi connectivity index (χ0v) is 16.8. The van der Waals surface area contributed by atoms with Crippen LogP contribution in [0.5, 0.6) is 11.5 Å². The van der Waals surface area contributed by atoms with Crippen LogP contribution in [0.2, 0.25) is 0 Å². The van der Waals surface area contributed by atoms with E-state index in [0.717, 1.165) is 5.56 Å². The van der Waals surface area contributed by atoms with Gasteiger partial charge in [-0.15, -0.1) is 11.3 Å². The van der Waals surface area contributed by atoms with Crippen LogP contribution >= 0.6 is 11.3 Å². The molecule has 1 aromatic carbocycles. The SMILES string of the molecule is CCOC(=O)Cc1csc(NN=Cc2ccc(OC(C)C)c(OCC)c2)n1. The molecule has 0 aliphatic carbocycles. The fraction of sp³-hybridized carbons (Fsp3) is 0.421. The highest BCUT2D eigenvalue weighted by Crippen LogP contribution is 2.29. The first-order valence-corrected chi connectivity index (χ1v) is 9.72. The summed E-state index contributed by atoms with van der Waals surface area (Å²) in [5.74, 6) is 1.10. The molecule has 0 aliphatic rings. The van der Waals surface area contributed by atoms with Gasteiger partial charge in [-0.25, -0.2) is 4.98 Å². The van der Waals surface area contributed by atoms with Crippen molar-refractivity contribution < 1.29 is 19.0 Å². The van der Waals surface area contributed by atoms with Crippen molar-refractivity contribution in [1.82, 2.24) is 4.98 Å². The normalized spacial score (nSPS) is 11.0. The van der Waals surface area contributed by atoms with E-state index in [4.69, 9.17) is 14.2 Å². The van der Waals surface area contributed by atoms with Gasteiger partial charge in [-0.1, -0.05) is 0 Å². The Labute approximate surface area is 163 Å². The maximum atomic E-state index is 11.5. The molecule has 1 aromatic heterocycles. The van der Waals surface area contributed by atoms with E-state index in [9.17, 15) is 4.79 Å². The van der Waals surface area contributed by atoms with Crippen LogP contribution < -0.4 is 14.9 Å². The molecule has 0 fully saturated rings. The van der Waals surface area contributed by atoms with E-state index >= 15 is 0 Å². The predicted molar refractivity (Wildman–Crippen MR) is 107 cm³/mol. The van der Waals surface area contributed by atoms with Crippen molar-refractivity contribution in [2.24, 2.45) is 5.10 Å². The van der Waals surface area contributed by atoms with E-state index < -0.39 is 0 Å². The van der Waals surface area contributed by atoms with Crippen molar-refractivity contribution in [3.63, 3.8) is 0 Å². The summed E-state index contributed by atoms with van der Waals surface area (Å²) in [6.07, 6.45) is 1.90. The summed E-state index contributed by atoms with van der Waals surface area (Å²) in [5.41, 5.74) is 4.39. The number of aromatic nitrogens is 1. The number of rotatable bonds is 10. The first-order valence-electron chi connectivity index (χ1n) is 8.84. The standard InChI is InChI=1S/C19H25N3O4S/c1-5-24-17-9-14(7-8-16(17)26-13(3)4)11-20-22-19-21-15(12-27-19)10-18(23)25-6-2/h7-9,11-13H,5-6,10H2,1-4H3,(H,21,22). The Hall–Kier alpha value is -2.61. The van der Waals surface area contributed by atoms with Gasteiger partial charge >= 0.3 is 5.97 Å². The number of esters is 1. The number of thiazole rings is 1. The second-order valence-corrected chi connectivity index (χ2v) is 6.66. The number of anilines is 1. The molecule has 0 bridgehead atoms. The van der Waals surface area contributed by atoms with E-state index in [1.807, 2.05) is 39.0 Å². The lowest BCUT2D eigenvalue weighted by atomic mass is 10.2. The van der Waals surface area contributed by atoms with Gasteiger partial charge in [0, 0.05) is 5.38 Å². The third-order valence-electron chi connectivity index (χ3n) is 3.19. The molecule has 1 heterocycles. The number of carbonyl (C=O) groups is 1. The number of nitrogens with one attached hydrogen (secondary N) is 1. The average Bonchev–Trinajstić information content (AvgIpc) is 3.04. The Bertz CT molecular complexity index is 774. The minimum atomic E-state index is -0.287. The summed E-state index contributed by atoms with van der Waals surface area (Å²) in [7, 11) is 0. The number of hydrogen-bond donors (Lipinski definition) is 1. The highest BCUT2D eigenvalue weighted by atomic mass is 32.1. The van der Waals surface area contributed by atoms with Crippen molar-refractivity contribution in [3.8, 4) is 11.5 Å². The lowest BCUT2D eigenvalue weighted by Crippen LogP contribution is -2.07. The molecule has 1 N–H and O–H groups in total. The van der Waals surface area contributed by atoms with Crippen molar-refractivity contribution in [1.29, 1.82) is 0 Å². The van der Waals surface area contributed by atoms with Gasteiger partial charge in [0.15, 0.2) is 11.5 Å². The van der Waals surface area contributed by atoms with Gasteiger partial charge in [0.1, 0.15) is 0 Å². The fourth-order valence-corrected chi connectivity index (χ4v) is 2.85. The summed E-state index contributed by atoms with van der Waals surface area (Å²) in [6.45, 7) is 8.56. The largest absolute Gasteiger partial charge is 0.490 e. The molecule has 146 valence electrons.